The summed E-state index contributed by atoms with van der Waals surface area (Å²) in [7, 11) is 3.28. The number of amides is 2. The smallest absolute Gasteiger partial charge is 0.246 e. The van der Waals surface area contributed by atoms with E-state index in [0.29, 0.717) is 16.5 Å². The van der Waals surface area contributed by atoms with Crippen molar-refractivity contribution in [3.8, 4) is 5.75 Å². The number of hydrogen-bond acceptors (Lipinski definition) is 4. The second kappa shape index (κ2) is 9.76. The lowest BCUT2D eigenvalue weighted by Gasteiger charge is -2.29. The van der Waals surface area contributed by atoms with Crippen molar-refractivity contribution in [2.24, 2.45) is 0 Å². The summed E-state index contributed by atoms with van der Waals surface area (Å²) in [5.74, 6) is 0.116. The van der Waals surface area contributed by atoms with E-state index in [2.05, 4.69) is 10.6 Å². The maximum Gasteiger partial charge on any atom is 0.246 e. The Balaban J connectivity index is 2.22. The Morgan fingerprint density at radius 1 is 1.14 bits per heavy atom. The molecule has 0 radical (unpaired) electrons. The van der Waals surface area contributed by atoms with Crippen LogP contribution in [0, 0.1) is 0 Å². The molecule has 0 fully saturated rings. The fraction of sp³-hybridized carbons (Fsp3) is 0.364. The standard InChI is InChI=1S/C22H28ClN3O3/c1-22(2,3)25-19(27)14-26(4)20(15-9-7-6-8-10-15)21(28)24-16-11-12-18(29-5)17(23)13-16/h6-13,20H,14H2,1-5H3,(H,24,28)(H,25,27)/t20-/m1/s1. The number of nitrogens with one attached hydrogen (secondary N) is 2. The monoisotopic (exact) mass is 417 g/mol. The molecule has 2 aromatic rings. The number of nitrogens with zero attached hydrogens (tertiary/aromatic N) is 1. The maximum absolute atomic E-state index is 13.1. The van der Waals surface area contributed by atoms with Crippen LogP contribution in [0.4, 0.5) is 5.69 Å². The van der Waals surface area contributed by atoms with Crippen molar-refractivity contribution in [1.29, 1.82) is 0 Å². The first-order valence-corrected chi connectivity index (χ1v) is 9.69. The minimum Gasteiger partial charge on any atom is -0.495 e. The van der Waals surface area contributed by atoms with E-state index in [0.717, 1.165) is 5.56 Å². The molecule has 0 saturated heterocycles. The predicted molar refractivity (Wildman–Crippen MR) is 116 cm³/mol. The van der Waals surface area contributed by atoms with Crippen LogP contribution in [0.2, 0.25) is 5.02 Å². The molecule has 2 rings (SSSR count). The van der Waals surface area contributed by atoms with E-state index in [1.165, 1.54) is 7.11 Å². The highest BCUT2D eigenvalue weighted by Gasteiger charge is 2.27. The van der Waals surface area contributed by atoms with Crippen molar-refractivity contribution in [1.82, 2.24) is 10.2 Å². The summed E-state index contributed by atoms with van der Waals surface area (Å²) in [4.78, 5) is 27.2. The molecule has 0 heterocycles. The number of halogens is 1. The second-order valence-electron chi connectivity index (χ2n) is 7.87. The van der Waals surface area contributed by atoms with Gasteiger partial charge in [-0.2, -0.15) is 0 Å². The number of ether oxygens (including phenoxy) is 1. The predicted octanol–water partition coefficient (Wildman–Crippen LogP) is 3.87. The van der Waals surface area contributed by atoms with Gasteiger partial charge in [0.05, 0.1) is 18.7 Å². The molecule has 0 bridgehead atoms. The average Bonchev–Trinajstić information content (AvgIpc) is 2.61. The number of methoxy groups -OCH3 is 1. The molecule has 0 aliphatic rings. The molecular formula is C22H28ClN3O3. The first-order chi connectivity index (χ1) is 13.6. The van der Waals surface area contributed by atoms with Crippen LogP contribution in [-0.4, -0.2) is 43.0 Å². The first-order valence-electron chi connectivity index (χ1n) is 9.31. The highest BCUT2D eigenvalue weighted by molar-refractivity contribution is 6.32. The van der Waals surface area contributed by atoms with E-state index in [1.807, 2.05) is 51.1 Å². The summed E-state index contributed by atoms with van der Waals surface area (Å²) in [6.45, 7) is 5.83. The highest BCUT2D eigenvalue weighted by atomic mass is 35.5. The van der Waals surface area contributed by atoms with Gasteiger partial charge in [0.1, 0.15) is 11.8 Å². The topological polar surface area (TPSA) is 70.7 Å². The maximum atomic E-state index is 13.1. The Morgan fingerprint density at radius 3 is 2.34 bits per heavy atom. The van der Waals surface area contributed by atoms with Gasteiger partial charge in [-0.15, -0.1) is 0 Å². The number of rotatable bonds is 7. The largest absolute Gasteiger partial charge is 0.495 e. The highest BCUT2D eigenvalue weighted by Crippen LogP contribution is 2.28. The minimum atomic E-state index is -0.650. The summed E-state index contributed by atoms with van der Waals surface area (Å²) >= 11 is 6.16. The zero-order chi connectivity index (χ0) is 21.6. The number of benzene rings is 2. The molecule has 6 nitrogen and oxygen atoms in total. The van der Waals surface area contributed by atoms with Crippen molar-refractivity contribution in [2.75, 3.05) is 26.0 Å². The van der Waals surface area contributed by atoms with E-state index in [4.69, 9.17) is 16.3 Å². The van der Waals surface area contributed by atoms with Crippen molar-refractivity contribution in [3.63, 3.8) is 0 Å². The molecule has 0 spiro atoms. The van der Waals surface area contributed by atoms with Crippen LogP contribution in [0.5, 0.6) is 5.75 Å². The lowest BCUT2D eigenvalue weighted by Crippen LogP contribution is -2.47. The molecule has 0 aliphatic heterocycles. The molecule has 0 aromatic heterocycles. The van der Waals surface area contributed by atoms with Crippen molar-refractivity contribution >= 4 is 29.1 Å². The molecular weight excluding hydrogens is 390 g/mol. The van der Waals surface area contributed by atoms with E-state index in [-0.39, 0.29) is 23.9 Å². The van der Waals surface area contributed by atoms with Crippen LogP contribution < -0.4 is 15.4 Å². The molecule has 0 aliphatic carbocycles. The van der Waals surface area contributed by atoms with Gasteiger partial charge in [0.15, 0.2) is 0 Å². The van der Waals surface area contributed by atoms with Gasteiger partial charge in [-0.3, -0.25) is 14.5 Å². The van der Waals surface area contributed by atoms with E-state index in [9.17, 15) is 9.59 Å². The fourth-order valence-electron chi connectivity index (χ4n) is 2.97. The molecule has 1 atom stereocenters. The van der Waals surface area contributed by atoms with Gasteiger partial charge in [-0.25, -0.2) is 0 Å². The van der Waals surface area contributed by atoms with Crippen LogP contribution in [0.3, 0.4) is 0 Å². The van der Waals surface area contributed by atoms with Crippen LogP contribution in [-0.2, 0) is 9.59 Å². The number of hydrogen-bond donors (Lipinski definition) is 2. The number of carbonyl (C=O) groups is 2. The molecule has 2 amide bonds. The summed E-state index contributed by atoms with van der Waals surface area (Å²) in [6.07, 6.45) is 0. The van der Waals surface area contributed by atoms with Gasteiger partial charge in [0.2, 0.25) is 11.8 Å². The van der Waals surface area contributed by atoms with E-state index in [1.54, 1.807) is 30.1 Å². The summed E-state index contributed by atoms with van der Waals surface area (Å²) in [6, 6.07) is 13.7. The van der Waals surface area contributed by atoms with Gasteiger partial charge in [-0.1, -0.05) is 41.9 Å². The third-order valence-corrected chi connectivity index (χ3v) is 4.43. The van der Waals surface area contributed by atoms with E-state index >= 15 is 0 Å². The third-order valence-electron chi connectivity index (χ3n) is 4.13. The summed E-state index contributed by atoms with van der Waals surface area (Å²) in [5, 5.41) is 6.21. The van der Waals surface area contributed by atoms with E-state index < -0.39 is 6.04 Å². The lowest BCUT2D eigenvalue weighted by molar-refractivity contribution is -0.126. The Labute approximate surface area is 177 Å². The van der Waals surface area contributed by atoms with Gasteiger partial charge in [-0.05, 0) is 51.6 Å². The lowest BCUT2D eigenvalue weighted by atomic mass is 10.0. The molecule has 7 heteroatoms. The Bertz CT molecular complexity index is 850. The minimum absolute atomic E-state index is 0.0770. The van der Waals surface area contributed by atoms with Crippen molar-refractivity contribution in [2.45, 2.75) is 32.4 Å². The Morgan fingerprint density at radius 2 is 1.79 bits per heavy atom. The molecule has 29 heavy (non-hydrogen) atoms. The summed E-state index contributed by atoms with van der Waals surface area (Å²) < 4.78 is 5.15. The molecule has 2 N–H and O–H groups in total. The fourth-order valence-corrected chi connectivity index (χ4v) is 3.23. The number of carbonyl (C=O) groups excluding carboxylic acids is 2. The average molecular weight is 418 g/mol. The van der Waals surface area contributed by atoms with Gasteiger partial charge in [0, 0.05) is 11.2 Å². The Kier molecular flexibility index (Phi) is 7.65. The molecule has 2 aromatic carbocycles. The normalized spacial score (nSPS) is 12.4. The number of likely N-dealkylation sites (N-methyl/N-ethyl adjacent to an activating group) is 1. The second-order valence-corrected chi connectivity index (χ2v) is 8.27. The van der Waals surface area contributed by atoms with Crippen molar-refractivity contribution in [3.05, 3.63) is 59.1 Å². The molecule has 156 valence electrons. The van der Waals surface area contributed by atoms with Gasteiger partial charge >= 0.3 is 0 Å². The SMILES string of the molecule is COc1ccc(NC(=O)[C@@H](c2ccccc2)N(C)CC(=O)NC(C)(C)C)cc1Cl. The third kappa shape index (κ3) is 6.76. The van der Waals surface area contributed by atoms with Crippen LogP contribution >= 0.6 is 11.6 Å². The Hall–Kier alpha value is -2.57. The zero-order valence-corrected chi connectivity index (χ0v) is 18.2. The van der Waals surface area contributed by atoms with Crippen molar-refractivity contribution < 1.29 is 14.3 Å². The number of anilines is 1. The zero-order valence-electron chi connectivity index (χ0n) is 17.5. The van der Waals surface area contributed by atoms with Crippen LogP contribution in [0.15, 0.2) is 48.5 Å². The van der Waals surface area contributed by atoms with Crippen LogP contribution in [0.25, 0.3) is 0 Å². The molecule has 0 unspecified atom stereocenters. The summed E-state index contributed by atoms with van der Waals surface area (Å²) in [5.41, 5.74) is 0.993. The van der Waals surface area contributed by atoms with Gasteiger partial charge in [0.25, 0.3) is 0 Å². The molecule has 0 saturated carbocycles. The quantitative estimate of drug-likeness (QED) is 0.717. The first kappa shape index (κ1) is 22.7. The van der Waals surface area contributed by atoms with Gasteiger partial charge < -0.3 is 15.4 Å². The van der Waals surface area contributed by atoms with Crippen LogP contribution in [0.1, 0.15) is 32.4 Å².